The Hall–Kier alpha value is -1.02. The highest BCUT2D eigenvalue weighted by Gasteiger charge is 2.03. The van der Waals surface area contributed by atoms with Crippen LogP contribution < -0.4 is 18.1 Å². The first kappa shape index (κ1) is 11.0. The van der Waals surface area contributed by atoms with Gasteiger partial charge in [-0.15, -0.1) is 0 Å². The van der Waals surface area contributed by atoms with Gasteiger partial charge in [-0.1, -0.05) is 25.1 Å². The van der Waals surface area contributed by atoms with E-state index in [2.05, 4.69) is 0 Å². The number of benzene rings is 1. The van der Waals surface area contributed by atoms with Gasteiger partial charge in [0.15, 0.2) is 0 Å². The zero-order chi connectivity index (χ0) is 8.27. The van der Waals surface area contributed by atoms with E-state index in [0.717, 1.165) is 12.0 Å². The van der Waals surface area contributed by atoms with Crippen molar-refractivity contribution in [3.63, 3.8) is 0 Å². The molecule has 66 valence electrons. The number of primary amides is 1. The molecule has 0 spiro atoms. The van der Waals surface area contributed by atoms with E-state index in [4.69, 9.17) is 5.73 Å². The molecule has 0 unspecified atom stereocenters. The third kappa shape index (κ3) is 2.24. The molecule has 0 bridgehead atoms. The van der Waals surface area contributed by atoms with E-state index < -0.39 is 0 Å². The number of nitrogens with two attached hydrogens (primary N) is 1. The topological polar surface area (TPSA) is 43.1 Å². The van der Waals surface area contributed by atoms with E-state index in [1.165, 1.54) is 0 Å². The minimum atomic E-state index is -0.345. The van der Waals surface area contributed by atoms with Gasteiger partial charge in [-0.3, -0.25) is 4.79 Å². The minimum absolute atomic E-state index is 0. The van der Waals surface area contributed by atoms with Gasteiger partial charge in [0.2, 0.25) is 5.91 Å². The Bertz CT molecular complexity index is 273. The van der Waals surface area contributed by atoms with Gasteiger partial charge in [0.05, 0.1) is 0 Å². The van der Waals surface area contributed by atoms with Crippen LogP contribution in [0.4, 0.5) is 0 Å². The molecule has 12 heavy (non-hydrogen) atoms. The molecule has 1 rings (SSSR count). The predicted molar refractivity (Wildman–Crippen MR) is 44.3 cm³/mol. The number of amides is 1. The molecule has 0 fully saturated rings. The summed E-state index contributed by atoms with van der Waals surface area (Å²) in [6.07, 6.45) is 0.846. The first-order chi connectivity index (χ1) is 5.25. The van der Waals surface area contributed by atoms with Crippen molar-refractivity contribution in [1.29, 1.82) is 0 Å². The molecule has 0 aliphatic rings. The average molecular weight is 185 g/mol. The maximum atomic E-state index is 10.8. The van der Waals surface area contributed by atoms with Crippen LogP contribution in [0.2, 0.25) is 0 Å². The van der Waals surface area contributed by atoms with Crippen LogP contribution in [-0.2, 0) is 6.42 Å². The summed E-state index contributed by atoms with van der Waals surface area (Å²) < 4.78 is 0. The van der Waals surface area contributed by atoms with E-state index >= 15 is 0 Å². The van der Waals surface area contributed by atoms with Crippen molar-refractivity contribution in [2.24, 2.45) is 5.73 Å². The van der Waals surface area contributed by atoms with Gasteiger partial charge in [0, 0.05) is 5.56 Å². The molecular weight excluding hydrogens is 174 g/mol. The Kier molecular flexibility index (Phi) is 4.37. The number of carbonyl (C=O) groups excluding carboxylic acids is 1. The third-order valence-corrected chi connectivity index (χ3v) is 1.66. The van der Waals surface area contributed by atoms with Crippen molar-refractivity contribution in [2.45, 2.75) is 13.3 Å². The second-order valence-electron chi connectivity index (χ2n) is 2.37. The van der Waals surface area contributed by atoms with E-state index in [0.29, 0.717) is 5.56 Å². The van der Waals surface area contributed by atoms with Crippen molar-refractivity contribution < 1.29 is 17.2 Å². The Morgan fingerprint density at radius 3 is 2.42 bits per heavy atom. The summed E-state index contributed by atoms with van der Waals surface area (Å²) in [5, 5.41) is 0. The lowest BCUT2D eigenvalue weighted by atomic mass is 10.1. The fourth-order valence-corrected chi connectivity index (χ4v) is 1.07. The van der Waals surface area contributed by atoms with Gasteiger partial charge in [-0.25, -0.2) is 0 Å². The van der Waals surface area contributed by atoms with Crippen molar-refractivity contribution in [1.82, 2.24) is 0 Å². The normalized spacial score (nSPS) is 8.75. The lowest BCUT2D eigenvalue weighted by Crippen LogP contribution is -3.00. The summed E-state index contributed by atoms with van der Waals surface area (Å²) >= 11 is 0. The smallest absolute Gasteiger partial charge is 0.248 e. The summed E-state index contributed by atoms with van der Waals surface area (Å²) in [6.45, 7) is 2.00. The maximum absolute atomic E-state index is 10.8. The fraction of sp³-hybridized carbons (Fsp3) is 0.222. The summed E-state index contributed by atoms with van der Waals surface area (Å²) in [7, 11) is 0. The van der Waals surface area contributed by atoms with E-state index in [9.17, 15) is 4.79 Å². The van der Waals surface area contributed by atoms with Crippen molar-refractivity contribution in [2.75, 3.05) is 0 Å². The Labute approximate surface area is 78.2 Å². The van der Waals surface area contributed by atoms with Crippen molar-refractivity contribution >= 4 is 5.91 Å². The molecule has 0 saturated heterocycles. The number of hydrogen-bond acceptors (Lipinski definition) is 1. The van der Waals surface area contributed by atoms with Crippen molar-refractivity contribution in [3.8, 4) is 0 Å². The molecule has 1 aromatic rings. The maximum Gasteiger partial charge on any atom is 0.248 e. The molecule has 0 radical (unpaired) electrons. The Morgan fingerprint density at radius 2 is 2.00 bits per heavy atom. The van der Waals surface area contributed by atoms with E-state index in [-0.39, 0.29) is 18.3 Å². The molecular formula is C9H11ClNO-. The molecule has 3 heteroatoms. The minimum Gasteiger partial charge on any atom is -1.00 e. The Balaban J connectivity index is 0.00000121. The molecule has 0 heterocycles. The van der Waals surface area contributed by atoms with Gasteiger partial charge in [0.25, 0.3) is 0 Å². The molecule has 2 N–H and O–H groups in total. The number of halogens is 1. The molecule has 0 atom stereocenters. The van der Waals surface area contributed by atoms with Crippen molar-refractivity contribution in [3.05, 3.63) is 35.4 Å². The monoisotopic (exact) mass is 184 g/mol. The zero-order valence-corrected chi connectivity index (χ0v) is 7.64. The Morgan fingerprint density at radius 1 is 1.42 bits per heavy atom. The summed E-state index contributed by atoms with van der Waals surface area (Å²) in [6, 6.07) is 7.39. The van der Waals surface area contributed by atoms with Gasteiger partial charge in [-0.2, -0.15) is 0 Å². The second-order valence-corrected chi connectivity index (χ2v) is 2.37. The highest BCUT2D eigenvalue weighted by Crippen LogP contribution is 2.07. The highest BCUT2D eigenvalue weighted by atomic mass is 35.5. The number of carbonyl (C=O) groups is 1. The molecule has 0 aliphatic carbocycles. The highest BCUT2D eigenvalue weighted by molar-refractivity contribution is 5.94. The molecule has 0 aliphatic heterocycles. The van der Waals surface area contributed by atoms with Crippen LogP contribution in [0.3, 0.4) is 0 Å². The lowest BCUT2D eigenvalue weighted by Gasteiger charge is -2.01. The molecule has 1 amide bonds. The molecule has 0 aromatic heterocycles. The predicted octanol–water partition coefficient (Wildman–Crippen LogP) is -1.65. The number of rotatable bonds is 2. The van der Waals surface area contributed by atoms with Crippen LogP contribution in [-0.4, -0.2) is 5.91 Å². The summed E-state index contributed by atoms with van der Waals surface area (Å²) in [4.78, 5) is 10.8. The van der Waals surface area contributed by atoms with Gasteiger partial charge < -0.3 is 18.1 Å². The van der Waals surface area contributed by atoms with Crippen LogP contribution in [0.1, 0.15) is 22.8 Å². The first-order valence-corrected chi connectivity index (χ1v) is 3.63. The summed E-state index contributed by atoms with van der Waals surface area (Å²) in [5.41, 5.74) is 6.80. The zero-order valence-electron chi connectivity index (χ0n) is 6.88. The third-order valence-electron chi connectivity index (χ3n) is 1.66. The average Bonchev–Trinajstić information content (AvgIpc) is 2.04. The van der Waals surface area contributed by atoms with Crippen LogP contribution in [0, 0.1) is 0 Å². The fourth-order valence-electron chi connectivity index (χ4n) is 1.07. The second kappa shape index (κ2) is 4.78. The van der Waals surface area contributed by atoms with E-state index in [1.807, 2.05) is 25.1 Å². The van der Waals surface area contributed by atoms with Crippen LogP contribution in [0.25, 0.3) is 0 Å². The van der Waals surface area contributed by atoms with Crippen LogP contribution in [0.5, 0.6) is 0 Å². The molecule has 0 saturated carbocycles. The first-order valence-electron chi connectivity index (χ1n) is 3.63. The van der Waals surface area contributed by atoms with Crippen LogP contribution in [0.15, 0.2) is 24.3 Å². The molecule has 1 aromatic carbocycles. The lowest BCUT2D eigenvalue weighted by molar-refractivity contribution is -0.0000107. The summed E-state index contributed by atoms with van der Waals surface area (Å²) in [5.74, 6) is -0.345. The van der Waals surface area contributed by atoms with Crippen LogP contribution >= 0.6 is 0 Å². The van der Waals surface area contributed by atoms with E-state index in [1.54, 1.807) is 6.07 Å². The number of hydrogen-bond donors (Lipinski definition) is 1. The SMILES string of the molecule is CCc1ccccc1C(N)=O.[Cl-]. The largest absolute Gasteiger partial charge is 1.00 e. The molecule has 2 nitrogen and oxygen atoms in total. The standard InChI is InChI=1S/C9H11NO.ClH/c1-2-7-5-3-4-6-8(7)9(10)11;/h3-6H,2H2,1H3,(H2,10,11);1H/p-1. The van der Waals surface area contributed by atoms with Gasteiger partial charge >= 0.3 is 0 Å². The number of aryl methyl sites for hydroxylation is 1. The van der Waals surface area contributed by atoms with Gasteiger partial charge in [0.1, 0.15) is 0 Å². The quantitative estimate of drug-likeness (QED) is 0.588. The van der Waals surface area contributed by atoms with Gasteiger partial charge in [-0.05, 0) is 18.1 Å².